The number of anilines is 1. The maximum absolute atomic E-state index is 12.1. The van der Waals surface area contributed by atoms with Gasteiger partial charge in [-0.25, -0.2) is 9.78 Å². The lowest BCUT2D eigenvalue weighted by molar-refractivity contribution is 0.0696. The van der Waals surface area contributed by atoms with Crippen molar-refractivity contribution < 1.29 is 14.7 Å². The number of fused-ring (bicyclic) bond motifs is 1. The molecule has 3 rings (SSSR count). The number of carbonyl (C=O) groups excluding carboxylic acids is 1. The molecular formula is C14H11N3O3S. The monoisotopic (exact) mass is 301 g/mol. The van der Waals surface area contributed by atoms with Crippen molar-refractivity contribution >= 4 is 33.9 Å². The number of nitrogens with zero attached hydrogens (tertiary/aromatic N) is 2. The summed E-state index contributed by atoms with van der Waals surface area (Å²) in [6, 6.07) is 6.08. The van der Waals surface area contributed by atoms with Gasteiger partial charge >= 0.3 is 5.97 Å². The summed E-state index contributed by atoms with van der Waals surface area (Å²) in [5, 5.41) is 13.5. The van der Waals surface area contributed by atoms with E-state index in [1.54, 1.807) is 18.3 Å². The molecule has 0 fully saturated rings. The van der Waals surface area contributed by atoms with Crippen LogP contribution >= 0.6 is 11.3 Å². The number of aromatic nitrogens is 2. The Morgan fingerprint density at radius 2 is 2.19 bits per heavy atom. The van der Waals surface area contributed by atoms with Crippen LogP contribution in [0.15, 0.2) is 35.8 Å². The molecule has 0 aliphatic rings. The van der Waals surface area contributed by atoms with Crippen LogP contribution in [0, 0.1) is 6.92 Å². The summed E-state index contributed by atoms with van der Waals surface area (Å²) in [5.74, 6) is -1.41. The summed E-state index contributed by atoms with van der Waals surface area (Å²) in [4.78, 5) is 28.0. The summed E-state index contributed by atoms with van der Waals surface area (Å²) in [5.41, 5.74) is 1.85. The predicted molar refractivity (Wildman–Crippen MR) is 79.2 cm³/mol. The fourth-order valence-corrected chi connectivity index (χ4v) is 2.78. The van der Waals surface area contributed by atoms with Crippen molar-refractivity contribution in [3.63, 3.8) is 0 Å². The van der Waals surface area contributed by atoms with Gasteiger partial charge in [0, 0.05) is 23.0 Å². The molecule has 2 N–H and O–H groups in total. The van der Waals surface area contributed by atoms with E-state index in [9.17, 15) is 9.59 Å². The Kier molecular flexibility index (Phi) is 3.19. The Hall–Kier alpha value is -2.67. The van der Waals surface area contributed by atoms with Crippen molar-refractivity contribution in [2.75, 3.05) is 5.32 Å². The van der Waals surface area contributed by atoms with Gasteiger partial charge in [-0.05, 0) is 25.1 Å². The summed E-state index contributed by atoms with van der Waals surface area (Å²) >= 11 is 1.46. The lowest BCUT2D eigenvalue weighted by Gasteiger charge is -2.03. The molecule has 0 saturated carbocycles. The zero-order valence-electron chi connectivity index (χ0n) is 11.0. The lowest BCUT2D eigenvalue weighted by Crippen LogP contribution is -2.12. The van der Waals surface area contributed by atoms with Crippen LogP contribution in [0.2, 0.25) is 0 Å². The van der Waals surface area contributed by atoms with Crippen LogP contribution in [0.1, 0.15) is 26.5 Å². The number of carboxylic acid groups (broad SMARTS) is 1. The highest BCUT2D eigenvalue weighted by atomic mass is 32.1. The molecule has 2 heterocycles. The number of hydrogen-bond acceptors (Lipinski definition) is 4. The van der Waals surface area contributed by atoms with E-state index < -0.39 is 5.97 Å². The molecular weight excluding hydrogens is 290 g/mol. The summed E-state index contributed by atoms with van der Waals surface area (Å²) < 4.78 is 1.84. The lowest BCUT2D eigenvalue weighted by atomic mass is 10.2. The van der Waals surface area contributed by atoms with Crippen LogP contribution in [-0.2, 0) is 0 Å². The molecule has 0 unspecified atom stereocenters. The molecule has 21 heavy (non-hydrogen) atoms. The van der Waals surface area contributed by atoms with Crippen LogP contribution in [0.25, 0.3) is 4.96 Å². The molecule has 0 atom stereocenters. The van der Waals surface area contributed by atoms with Crippen molar-refractivity contribution in [1.29, 1.82) is 0 Å². The number of carboxylic acids is 1. The van der Waals surface area contributed by atoms with Crippen molar-refractivity contribution in [1.82, 2.24) is 9.38 Å². The Balaban J connectivity index is 1.85. The van der Waals surface area contributed by atoms with Gasteiger partial charge in [-0.3, -0.25) is 9.20 Å². The molecule has 0 bridgehead atoms. The van der Waals surface area contributed by atoms with Crippen molar-refractivity contribution in [3.8, 4) is 0 Å². The van der Waals surface area contributed by atoms with Gasteiger partial charge in [0.05, 0.1) is 5.56 Å². The fraction of sp³-hybridized carbons (Fsp3) is 0.0714. The Bertz CT molecular complexity index is 850. The van der Waals surface area contributed by atoms with E-state index in [4.69, 9.17) is 5.11 Å². The number of aromatic carboxylic acids is 1. The minimum atomic E-state index is -1.04. The highest BCUT2D eigenvalue weighted by Crippen LogP contribution is 2.17. The maximum atomic E-state index is 12.1. The summed E-state index contributed by atoms with van der Waals surface area (Å²) in [6.45, 7) is 1.93. The standard InChI is InChI=1S/C14H11N3O3S/c1-8-7-21-14-16-11(6-17(8)14)12(18)15-10-4-2-3-9(5-10)13(19)20/h2-7H,1H3,(H,15,18)(H,19,20). The first-order valence-electron chi connectivity index (χ1n) is 6.12. The summed E-state index contributed by atoms with van der Waals surface area (Å²) in [7, 11) is 0. The molecule has 0 aliphatic heterocycles. The van der Waals surface area contributed by atoms with Gasteiger partial charge in [-0.2, -0.15) is 0 Å². The van der Waals surface area contributed by atoms with Gasteiger partial charge in [0.2, 0.25) is 0 Å². The maximum Gasteiger partial charge on any atom is 0.335 e. The van der Waals surface area contributed by atoms with Crippen LogP contribution in [0.5, 0.6) is 0 Å². The number of carbonyl (C=O) groups is 2. The number of rotatable bonds is 3. The van der Waals surface area contributed by atoms with E-state index in [1.165, 1.54) is 23.5 Å². The molecule has 2 aromatic heterocycles. The number of benzene rings is 1. The van der Waals surface area contributed by atoms with Gasteiger partial charge in [-0.15, -0.1) is 11.3 Å². The molecule has 0 radical (unpaired) electrons. The topological polar surface area (TPSA) is 83.7 Å². The Morgan fingerprint density at radius 1 is 1.38 bits per heavy atom. The average Bonchev–Trinajstić information content (AvgIpc) is 3.02. The number of amides is 1. The normalized spacial score (nSPS) is 10.7. The van der Waals surface area contributed by atoms with Gasteiger partial charge < -0.3 is 10.4 Å². The first-order valence-corrected chi connectivity index (χ1v) is 7.00. The number of thiazole rings is 1. The van der Waals surface area contributed by atoms with Gasteiger partial charge in [0.1, 0.15) is 5.69 Å². The molecule has 0 aliphatic carbocycles. The number of aryl methyl sites for hydroxylation is 1. The van der Waals surface area contributed by atoms with E-state index in [2.05, 4.69) is 10.3 Å². The second-order valence-corrected chi connectivity index (χ2v) is 5.33. The SMILES string of the molecule is Cc1csc2nc(C(=O)Nc3cccc(C(=O)O)c3)cn12. The zero-order chi connectivity index (χ0) is 15.0. The minimum Gasteiger partial charge on any atom is -0.478 e. The molecule has 7 heteroatoms. The molecule has 0 saturated heterocycles. The van der Waals surface area contributed by atoms with Crippen LogP contribution in [0.3, 0.4) is 0 Å². The largest absolute Gasteiger partial charge is 0.478 e. The summed E-state index contributed by atoms with van der Waals surface area (Å²) in [6.07, 6.45) is 1.66. The molecule has 106 valence electrons. The number of imidazole rings is 1. The third-order valence-electron chi connectivity index (χ3n) is 2.99. The number of nitrogens with one attached hydrogen (secondary N) is 1. The van der Waals surface area contributed by atoms with Crippen LogP contribution in [0.4, 0.5) is 5.69 Å². The quantitative estimate of drug-likeness (QED) is 0.779. The van der Waals surface area contributed by atoms with E-state index in [0.717, 1.165) is 10.7 Å². The van der Waals surface area contributed by atoms with Gasteiger partial charge in [0.25, 0.3) is 5.91 Å². The highest BCUT2D eigenvalue weighted by molar-refractivity contribution is 7.15. The van der Waals surface area contributed by atoms with E-state index in [1.807, 2.05) is 16.7 Å². The third kappa shape index (κ3) is 2.50. The molecule has 3 aromatic rings. The second kappa shape index (κ2) is 5.02. The fourth-order valence-electron chi connectivity index (χ4n) is 1.93. The van der Waals surface area contributed by atoms with E-state index >= 15 is 0 Å². The molecule has 0 spiro atoms. The second-order valence-electron chi connectivity index (χ2n) is 4.50. The van der Waals surface area contributed by atoms with Gasteiger partial charge in [0.15, 0.2) is 4.96 Å². The molecule has 1 amide bonds. The van der Waals surface area contributed by atoms with Crippen molar-refractivity contribution in [2.45, 2.75) is 6.92 Å². The number of hydrogen-bond donors (Lipinski definition) is 2. The van der Waals surface area contributed by atoms with E-state index in [-0.39, 0.29) is 11.5 Å². The first kappa shape index (κ1) is 13.3. The highest BCUT2D eigenvalue weighted by Gasteiger charge is 2.13. The van der Waals surface area contributed by atoms with E-state index in [0.29, 0.717) is 11.4 Å². The van der Waals surface area contributed by atoms with Gasteiger partial charge in [-0.1, -0.05) is 6.07 Å². The van der Waals surface area contributed by atoms with Crippen molar-refractivity contribution in [3.05, 3.63) is 52.8 Å². The zero-order valence-corrected chi connectivity index (χ0v) is 11.8. The Labute approximate surface area is 123 Å². The minimum absolute atomic E-state index is 0.120. The molecule has 6 nitrogen and oxygen atoms in total. The Morgan fingerprint density at radius 3 is 2.90 bits per heavy atom. The predicted octanol–water partition coefficient (Wildman–Crippen LogP) is 2.65. The average molecular weight is 301 g/mol. The van der Waals surface area contributed by atoms with Crippen molar-refractivity contribution in [2.24, 2.45) is 0 Å². The first-order chi connectivity index (χ1) is 10.0. The van der Waals surface area contributed by atoms with Crippen LogP contribution in [-0.4, -0.2) is 26.4 Å². The smallest absolute Gasteiger partial charge is 0.335 e. The molecule has 1 aromatic carbocycles. The van der Waals surface area contributed by atoms with Crippen LogP contribution < -0.4 is 5.32 Å². The third-order valence-corrected chi connectivity index (χ3v) is 3.95.